The number of benzene rings is 1. The molecule has 0 heterocycles. The predicted molar refractivity (Wildman–Crippen MR) is 79.0 cm³/mol. The third-order valence-corrected chi connectivity index (χ3v) is 5.81. The van der Waals surface area contributed by atoms with Crippen LogP contribution < -0.4 is 0 Å². The number of ketones is 1. The van der Waals surface area contributed by atoms with E-state index in [1.165, 1.54) is 0 Å². The molecule has 2 unspecified atom stereocenters. The second-order valence-corrected chi connectivity index (χ2v) is 7.06. The molecule has 2 saturated carbocycles. The molecule has 0 amide bonds. The fourth-order valence-corrected chi connectivity index (χ4v) is 3.96. The second-order valence-electron chi connectivity index (χ2n) is 6.63. The third-order valence-electron chi connectivity index (χ3n) is 5.56. The first-order chi connectivity index (χ1) is 8.86. The van der Waals surface area contributed by atoms with E-state index in [4.69, 9.17) is 11.6 Å². The predicted octanol–water partition coefficient (Wildman–Crippen LogP) is 4.75. The molecule has 19 heavy (non-hydrogen) atoms. The van der Waals surface area contributed by atoms with Gasteiger partial charge < -0.3 is 0 Å². The van der Waals surface area contributed by atoms with Gasteiger partial charge in [0.1, 0.15) is 0 Å². The van der Waals surface area contributed by atoms with Gasteiger partial charge >= 0.3 is 0 Å². The number of rotatable bonds is 1. The molecule has 1 aromatic rings. The van der Waals surface area contributed by atoms with E-state index in [0.29, 0.717) is 11.7 Å². The van der Waals surface area contributed by atoms with Crippen LogP contribution in [-0.4, -0.2) is 5.78 Å². The molecule has 100 valence electrons. The van der Waals surface area contributed by atoms with E-state index in [1.807, 2.05) is 24.3 Å². The normalized spacial score (nSPS) is 34.2. The highest BCUT2D eigenvalue weighted by Gasteiger charge is 2.63. The van der Waals surface area contributed by atoms with Crippen LogP contribution in [0.3, 0.4) is 0 Å². The minimum Gasteiger partial charge on any atom is -0.294 e. The molecule has 2 fully saturated rings. The SMILES string of the molecule is CC12CCC(C(=Cc3ccc(Cl)cc3)C1=O)C2(C)C. The van der Waals surface area contributed by atoms with Crippen LogP contribution in [0.2, 0.25) is 5.02 Å². The monoisotopic (exact) mass is 274 g/mol. The number of allylic oxidation sites excluding steroid dienone is 1. The highest BCUT2D eigenvalue weighted by Crippen LogP contribution is 2.65. The lowest BCUT2D eigenvalue weighted by Crippen LogP contribution is -2.32. The molecule has 2 atom stereocenters. The minimum absolute atomic E-state index is 0.0857. The summed E-state index contributed by atoms with van der Waals surface area (Å²) in [6, 6.07) is 7.70. The molecule has 2 aliphatic rings. The number of fused-ring (bicyclic) bond motifs is 2. The molecule has 0 N–H and O–H groups in total. The summed E-state index contributed by atoms with van der Waals surface area (Å²) in [5.41, 5.74) is 2.00. The lowest BCUT2D eigenvalue weighted by molar-refractivity contribution is -0.125. The van der Waals surface area contributed by atoms with E-state index in [9.17, 15) is 4.79 Å². The van der Waals surface area contributed by atoms with Gasteiger partial charge in [-0.3, -0.25) is 4.79 Å². The molecule has 0 aliphatic heterocycles. The van der Waals surface area contributed by atoms with Crippen molar-refractivity contribution in [2.45, 2.75) is 33.6 Å². The molecule has 1 nitrogen and oxygen atoms in total. The maximum atomic E-state index is 12.7. The lowest BCUT2D eigenvalue weighted by atomic mass is 9.70. The number of halogens is 1. The molecule has 1 aromatic carbocycles. The molecule has 0 aromatic heterocycles. The number of hydrogen-bond donors (Lipinski definition) is 0. The Morgan fingerprint density at radius 3 is 2.37 bits per heavy atom. The fraction of sp³-hybridized carbons (Fsp3) is 0.471. The Bertz CT molecular complexity index is 567. The van der Waals surface area contributed by atoms with Crippen LogP contribution in [0.4, 0.5) is 0 Å². The number of Topliss-reactive ketones (excluding diaryl/α,β-unsaturated/α-hetero) is 1. The van der Waals surface area contributed by atoms with Gasteiger partial charge in [0, 0.05) is 10.4 Å². The molecular weight excluding hydrogens is 256 g/mol. The van der Waals surface area contributed by atoms with Crippen LogP contribution >= 0.6 is 11.6 Å². The first-order valence-corrected chi connectivity index (χ1v) is 7.26. The Morgan fingerprint density at radius 2 is 1.84 bits per heavy atom. The van der Waals surface area contributed by atoms with Crippen molar-refractivity contribution in [3.05, 3.63) is 40.4 Å². The molecule has 2 bridgehead atoms. The van der Waals surface area contributed by atoms with Crippen LogP contribution in [0, 0.1) is 16.7 Å². The molecule has 0 spiro atoms. The van der Waals surface area contributed by atoms with Gasteiger partial charge in [-0.05, 0) is 53.5 Å². The number of carbonyl (C=O) groups is 1. The summed E-state index contributed by atoms with van der Waals surface area (Å²) >= 11 is 5.90. The summed E-state index contributed by atoms with van der Waals surface area (Å²) in [5.74, 6) is 0.754. The summed E-state index contributed by atoms with van der Waals surface area (Å²) in [6.45, 7) is 6.62. The molecule has 2 heteroatoms. The summed E-state index contributed by atoms with van der Waals surface area (Å²) in [7, 11) is 0. The van der Waals surface area contributed by atoms with E-state index < -0.39 is 0 Å². The van der Waals surface area contributed by atoms with Crippen LogP contribution in [0.25, 0.3) is 6.08 Å². The zero-order chi connectivity index (χ0) is 13.8. The highest BCUT2D eigenvalue weighted by molar-refractivity contribution is 6.30. The number of hydrogen-bond acceptors (Lipinski definition) is 1. The summed E-state index contributed by atoms with van der Waals surface area (Å²) in [6.07, 6.45) is 4.23. The summed E-state index contributed by atoms with van der Waals surface area (Å²) in [4.78, 5) is 12.7. The smallest absolute Gasteiger partial charge is 0.165 e. The minimum atomic E-state index is -0.171. The van der Waals surface area contributed by atoms with Gasteiger partial charge in [0.2, 0.25) is 0 Å². The van der Waals surface area contributed by atoms with Gasteiger partial charge in [-0.1, -0.05) is 44.5 Å². The zero-order valence-corrected chi connectivity index (χ0v) is 12.4. The van der Waals surface area contributed by atoms with Gasteiger partial charge in [0.15, 0.2) is 5.78 Å². The van der Waals surface area contributed by atoms with Crippen LogP contribution in [0.5, 0.6) is 0 Å². The van der Waals surface area contributed by atoms with E-state index >= 15 is 0 Å². The quantitative estimate of drug-likeness (QED) is 0.676. The second kappa shape index (κ2) is 3.96. The Labute approximate surface area is 119 Å². The molecular formula is C17H19ClO. The molecule has 0 saturated heterocycles. The van der Waals surface area contributed by atoms with Gasteiger partial charge in [-0.2, -0.15) is 0 Å². The van der Waals surface area contributed by atoms with E-state index in [-0.39, 0.29) is 10.8 Å². The van der Waals surface area contributed by atoms with Gasteiger partial charge in [0.25, 0.3) is 0 Å². The largest absolute Gasteiger partial charge is 0.294 e. The lowest BCUT2D eigenvalue weighted by Gasteiger charge is -2.31. The van der Waals surface area contributed by atoms with Crippen molar-refractivity contribution < 1.29 is 4.79 Å². The van der Waals surface area contributed by atoms with Crippen molar-refractivity contribution >= 4 is 23.5 Å². The van der Waals surface area contributed by atoms with E-state index in [0.717, 1.165) is 29.0 Å². The van der Waals surface area contributed by atoms with E-state index in [2.05, 4.69) is 26.8 Å². The van der Waals surface area contributed by atoms with E-state index in [1.54, 1.807) is 0 Å². The first kappa shape index (κ1) is 12.9. The van der Waals surface area contributed by atoms with Crippen molar-refractivity contribution in [2.75, 3.05) is 0 Å². The van der Waals surface area contributed by atoms with Crippen LogP contribution in [0.1, 0.15) is 39.2 Å². The highest BCUT2D eigenvalue weighted by atomic mass is 35.5. The maximum Gasteiger partial charge on any atom is 0.165 e. The molecule has 2 aliphatic carbocycles. The first-order valence-electron chi connectivity index (χ1n) is 6.88. The van der Waals surface area contributed by atoms with Gasteiger partial charge in [0.05, 0.1) is 0 Å². The van der Waals surface area contributed by atoms with Crippen molar-refractivity contribution in [2.24, 2.45) is 16.7 Å². The Kier molecular flexibility index (Phi) is 2.69. The third kappa shape index (κ3) is 1.64. The zero-order valence-electron chi connectivity index (χ0n) is 11.7. The maximum absolute atomic E-state index is 12.7. The Hall–Kier alpha value is -1.08. The van der Waals surface area contributed by atoms with Crippen LogP contribution in [-0.2, 0) is 4.79 Å². The van der Waals surface area contributed by atoms with Crippen molar-refractivity contribution in [3.63, 3.8) is 0 Å². The van der Waals surface area contributed by atoms with Gasteiger partial charge in [-0.15, -0.1) is 0 Å². The standard InChI is InChI=1S/C17H19ClO/c1-16(2)14-8-9-17(16,3)15(19)13(14)10-11-4-6-12(18)7-5-11/h4-7,10,14H,8-9H2,1-3H3. The fourth-order valence-electron chi connectivity index (χ4n) is 3.83. The van der Waals surface area contributed by atoms with Crippen LogP contribution in [0.15, 0.2) is 29.8 Å². The Morgan fingerprint density at radius 1 is 1.21 bits per heavy atom. The van der Waals surface area contributed by atoms with Crippen molar-refractivity contribution in [3.8, 4) is 0 Å². The topological polar surface area (TPSA) is 17.1 Å². The van der Waals surface area contributed by atoms with Crippen molar-refractivity contribution in [1.29, 1.82) is 0 Å². The molecule has 0 radical (unpaired) electrons. The average Bonchev–Trinajstić information content (AvgIpc) is 2.66. The summed E-state index contributed by atoms with van der Waals surface area (Å²) in [5, 5.41) is 0.730. The summed E-state index contributed by atoms with van der Waals surface area (Å²) < 4.78 is 0. The Balaban J connectivity index is 2.04. The molecule has 3 rings (SSSR count). The number of carbonyl (C=O) groups excluding carboxylic acids is 1. The van der Waals surface area contributed by atoms with Crippen molar-refractivity contribution in [1.82, 2.24) is 0 Å². The van der Waals surface area contributed by atoms with Gasteiger partial charge in [-0.25, -0.2) is 0 Å². The average molecular weight is 275 g/mol.